The maximum absolute atomic E-state index is 6.05. The van der Waals surface area contributed by atoms with E-state index in [2.05, 4.69) is 27.1 Å². The van der Waals surface area contributed by atoms with Gasteiger partial charge < -0.3 is 5.32 Å². The van der Waals surface area contributed by atoms with E-state index in [0.29, 0.717) is 5.15 Å². The van der Waals surface area contributed by atoms with E-state index in [1.165, 1.54) is 30.9 Å². The highest BCUT2D eigenvalue weighted by molar-refractivity contribution is 7.99. The first-order valence-corrected chi connectivity index (χ1v) is 7.88. The van der Waals surface area contributed by atoms with Gasteiger partial charge in [-0.05, 0) is 6.42 Å². The van der Waals surface area contributed by atoms with Crippen LogP contribution in [-0.2, 0) is 6.42 Å². The van der Waals surface area contributed by atoms with Gasteiger partial charge in [0.05, 0.1) is 0 Å². The topological polar surface area (TPSA) is 41.1 Å². The molecule has 1 fully saturated rings. The number of halogens is 1. The predicted octanol–water partition coefficient (Wildman–Crippen LogP) is 2.15. The van der Waals surface area contributed by atoms with E-state index in [1.807, 2.05) is 11.8 Å². The second kappa shape index (κ2) is 7.16. The molecule has 1 N–H and O–H groups in total. The summed E-state index contributed by atoms with van der Waals surface area (Å²) in [5, 5.41) is 3.93. The van der Waals surface area contributed by atoms with E-state index in [4.69, 9.17) is 11.6 Å². The summed E-state index contributed by atoms with van der Waals surface area (Å²) in [4.78, 5) is 10.8. The molecule has 0 radical (unpaired) electrons. The van der Waals surface area contributed by atoms with Gasteiger partial charge in [-0.1, -0.05) is 18.5 Å². The van der Waals surface area contributed by atoms with E-state index in [1.54, 1.807) is 0 Å². The molecule has 6 heteroatoms. The van der Waals surface area contributed by atoms with Gasteiger partial charge in [0.2, 0.25) is 0 Å². The van der Waals surface area contributed by atoms with Crippen molar-refractivity contribution in [2.75, 3.05) is 43.0 Å². The van der Waals surface area contributed by atoms with E-state index in [-0.39, 0.29) is 0 Å². The van der Waals surface area contributed by atoms with Crippen molar-refractivity contribution in [1.82, 2.24) is 14.9 Å². The maximum atomic E-state index is 6.05. The second-order valence-corrected chi connectivity index (χ2v) is 5.81. The zero-order valence-electron chi connectivity index (χ0n) is 10.7. The van der Waals surface area contributed by atoms with E-state index in [9.17, 15) is 0 Å². The number of anilines is 1. The van der Waals surface area contributed by atoms with Gasteiger partial charge in [-0.15, -0.1) is 0 Å². The Morgan fingerprint density at radius 2 is 2.17 bits per heavy atom. The fourth-order valence-electron chi connectivity index (χ4n) is 2.01. The minimum absolute atomic E-state index is 0.560. The Balaban J connectivity index is 1.84. The van der Waals surface area contributed by atoms with Crippen LogP contribution < -0.4 is 5.32 Å². The first kappa shape index (κ1) is 13.9. The molecule has 0 aromatic carbocycles. The summed E-state index contributed by atoms with van der Waals surface area (Å²) >= 11 is 8.09. The van der Waals surface area contributed by atoms with Gasteiger partial charge in [0, 0.05) is 43.2 Å². The minimum Gasteiger partial charge on any atom is -0.368 e. The van der Waals surface area contributed by atoms with Gasteiger partial charge >= 0.3 is 0 Å². The third kappa shape index (κ3) is 3.73. The van der Waals surface area contributed by atoms with E-state index >= 15 is 0 Å². The van der Waals surface area contributed by atoms with Crippen molar-refractivity contribution in [3.05, 3.63) is 17.0 Å². The fourth-order valence-corrected chi connectivity index (χ4v) is 3.26. The van der Waals surface area contributed by atoms with Crippen LogP contribution in [0, 0.1) is 0 Å². The number of nitrogens with zero attached hydrogens (tertiary/aromatic N) is 3. The van der Waals surface area contributed by atoms with Crippen LogP contribution >= 0.6 is 23.4 Å². The molecular formula is C12H19ClN4S. The van der Waals surface area contributed by atoms with E-state index in [0.717, 1.165) is 30.9 Å². The molecule has 2 heterocycles. The number of thioether (sulfide) groups is 1. The van der Waals surface area contributed by atoms with Gasteiger partial charge in [-0.25, -0.2) is 9.97 Å². The Labute approximate surface area is 118 Å². The summed E-state index contributed by atoms with van der Waals surface area (Å²) in [6.07, 6.45) is 2.36. The summed E-state index contributed by atoms with van der Waals surface area (Å²) < 4.78 is 0. The molecule has 1 aromatic rings. The summed E-state index contributed by atoms with van der Waals surface area (Å²) in [7, 11) is 0. The SMILES string of the molecule is CCc1c(Cl)ncnc1NCCN1CCSCC1. The Bertz CT molecular complexity index is 382. The molecule has 0 amide bonds. The Hall–Kier alpha value is -0.520. The van der Waals surface area contributed by atoms with Gasteiger partial charge in [0.1, 0.15) is 17.3 Å². The maximum Gasteiger partial charge on any atom is 0.137 e. The second-order valence-electron chi connectivity index (χ2n) is 4.23. The van der Waals surface area contributed by atoms with Crippen LogP contribution in [0.1, 0.15) is 12.5 Å². The molecule has 0 aliphatic carbocycles. The smallest absolute Gasteiger partial charge is 0.137 e. The molecule has 0 bridgehead atoms. The van der Waals surface area contributed by atoms with Gasteiger partial charge in [-0.3, -0.25) is 4.90 Å². The molecule has 100 valence electrons. The lowest BCUT2D eigenvalue weighted by Gasteiger charge is -2.26. The monoisotopic (exact) mass is 286 g/mol. The van der Waals surface area contributed by atoms with Crippen molar-refractivity contribution >= 4 is 29.2 Å². The normalized spacial score (nSPS) is 16.8. The summed E-state index contributed by atoms with van der Waals surface area (Å²) in [5.41, 5.74) is 1.01. The van der Waals surface area contributed by atoms with Crippen molar-refractivity contribution in [3.8, 4) is 0 Å². The molecule has 1 aliphatic heterocycles. The number of aromatic nitrogens is 2. The van der Waals surface area contributed by atoms with Crippen molar-refractivity contribution in [2.45, 2.75) is 13.3 Å². The molecule has 0 unspecified atom stereocenters. The highest BCUT2D eigenvalue weighted by atomic mass is 35.5. The minimum atomic E-state index is 0.560. The van der Waals surface area contributed by atoms with Crippen LogP contribution in [0.5, 0.6) is 0 Å². The van der Waals surface area contributed by atoms with Gasteiger partial charge in [0.25, 0.3) is 0 Å². The summed E-state index contributed by atoms with van der Waals surface area (Å²) in [5.74, 6) is 3.38. The quantitative estimate of drug-likeness (QED) is 0.840. The predicted molar refractivity (Wildman–Crippen MR) is 78.7 cm³/mol. The van der Waals surface area contributed by atoms with Gasteiger partial charge in [0.15, 0.2) is 0 Å². The van der Waals surface area contributed by atoms with Crippen molar-refractivity contribution < 1.29 is 0 Å². The van der Waals surface area contributed by atoms with Crippen molar-refractivity contribution in [3.63, 3.8) is 0 Å². The molecular weight excluding hydrogens is 268 g/mol. The van der Waals surface area contributed by atoms with Crippen LogP contribution in [0.15, 0.2) is 6.33 Å². The molecule has 0 atom stereocenters. The van der Waals surface area contributed by atoms with Crippen LogP contribution in [0.2, 0.25) is 5.15 Å². The fraction of sp³-hybridized carbons (Fsp3) is 0.667. The molecule has 4 nitrogen and oxygen atoms in total. The molecule has 18 heavy (non-hydrogen) atoms. The zero-order chi connectivity index (χ0) is 12.8. The Morgan fingerprint density at radius 1 is 1.39 bits per heavy atom. The largest absolute Gasteiger partial charge is 0.368 e. The third-order valence-corrected chi connectivity index (χ3v) is 4.34. The number of nitrogens with one attached hydrogen (secondary N) is 1. The first-order chi connectivity index (χ1) is 8.81. The number of rotatable bonds is 5. The Morgan fingerprint density at radius 3 is 2.89 bits per heavy atom. The van der Waals surface area contributed by atoms with Crippen molar-refractivity contribution in [1.29, 1.82) is 0 Å². The third-order valence-electron chi connectivity index (χ3n) is 3.07. The highest BCUT2D eigenvalue weighted by Gasteiger charge is 2.11. The summed E-state index contributed by atoms with van der Waals surface area (Å²) in [6.45, 7) is 6.42. The van der Waals surface area contributed by atoms with Crippen LogP contribution in [0.3, 0.4) is 0 Å². The van der Waals surface area contributed by atoms with Crippen LogP contribution in [-0.4, -0.2) is 52.6 Å². The zero-order valence-corrected chi connectivity index (χ0v) is 12.2. The summed E-state index contributed by atoms with van der Waals surface area (Å²) in [6, 6.07) is 0. The Kier molecular flexibility index (Phi) is 5.53. The lowest BCUT2D eigenvalue weighted by atomic mass is 10.2. The van der Waals surface area contributed by atoms with E-state index < -0.39 is 0 Å². The molecule has 1 aromatic heterocycles. The first-order valence-electron chi connectivity index (χ1n) is 6.34. The van der Waals surface area contributed by atoms with Crippen LogP contribution in [0.25, 0.3) is 0 Å². The van der Waals surface area contributed by atoms with Crippen molar-refractivity contribution in [2.24, 2.45) is 0 Å². The average Bonchev–Trinajstić information content (AvgIpc) is 2.40. The molecule has 0 saturated carbocycles. The van der Waals surface area contributed by atoms with Crippen LogP contribution in [0.4, 0.5) is 5.82 Å². The number of hydrogen-bond acceptors (Lipinski definition) is 5. The highest BCUT2D eigenvalue weighted by Crippen LogP contribution is 2.19. The molecule has 1 aliphatic rings. The number of hydrogen-bond donors (Lipinski definition) is 1. The lowest BCUT2D eigenvalue weighted by molar-refractivity contribution is 0.314. The standard InChI is InChI=1S/C12H19ClN4S/c1-2-10-11(13)15-9-16-12(10)14-3-4-17-5-7-18-8-6-17/h9H,2-8H2,1H3,(H,14,15,16). The lowest BCUT2D eigenvalue weighted by Crippen LogP contribution is -2.36. The molecule has 1 saturated heterocycles. The molecule has 0 spiro atoms. The molecule has 2 rings (SSSR count). The van der Waals surface area contributed by atoms with Gasteiger partial charge in [-0.2, -0.15) is 11.8 Å². The average molecular weight is 287 g/mol.